The van der Waals surface area contributed by atoms with Crippen LogP contribution in [-0.2, 0) is 9.59 Å². The molecule has 2 amide bonds. The Balaban J connectivity index is 1.79. The number of benzene rings is 3. The van der Waals surface area contributed by atoms with Crippen LogP contribution in [-0.4, -0.2) is 48.0 Å². The standard InChI is InChI=1S/C20H11NO2Se2/c22-19-17(18(24)20(23)21(19)25)14-10-8-13(9-11-14)16-7-3-5-12-4-1-2-6-15(12)16/h1-11H. The van der Waals surface area contributed by atoms with E-state index in [1.165, 1.54) is 10.8 Å². The van der Waals surface area contributed by atoms with Gasteiger partial charge in [-0.3, -0.25) is 0 Å². The van der Waals surface area contributed by atoms with Crippen molar-refractivity contribution in [2.45, 2.75) is 0 Å². The molecule has 25 heavy (non-hydrogen) atoms. The summed E-state index contributed by atoms with van der Waals surface area (Å²) < 4.78 is 1.36. The molecule has 1 aliphatic heterocycles. The second kappa shape index (κ2) is 6.29. The number of rotatable bonds is 2. The number of carbonyl (C=O) groups is 2. The van der Waals surface area contributed by atoms with Gasteiger partial charge in [0.05, 0.1) is 0 Å². The minimum atomic E-state index is -0.335. The van der Waals surface area contributed by atoms with Crippen LogP contribution >= 0.6 is 0 Å². The number of nitrogens with zero attached hydrogens (tertiary/aromatic N) is 1. The van der Waals surface area contributed by atoms with Crippen molar-refractivity contribution in [2.75, 3.05) is 0 Å². The zero-order chi connectivity index (χ0) is 17.6. The van der Waals surface area contributed by atoms with Crippen molar-refractivity contribution in [1.82, 2.24) is 3.92 Å². The van der Waals surface area contributed by atoms with E-state index in [1.807, 2.05) is 42.5 Å². The number of hydrogen-bond acceptors (Lipinski definition) is 2. The Hall–Kier alpha value is -2.16. The van der Waals surface area contributed by atoms with Crippen molar-refractivity contribution in [2.24, 2.45) is 0 Å². The molecule has 0 aliphatic carbocycles. The van der Waals surface area contributed by atoms with Crippen molar-refractivity contribution >= 4 is 60.4 Å². The average molecular weight is 455 g/mol. The first-order valence-corrected chi connectivity index (χ1v) is 9.26. The predicted molar refractivity (Wildman–Crippen MR) is 99.7 cm³/mol. The molecule has 3 aromatic rings. The third kappa shape index (κ3) is 2.66. The normalized spacial score (nSPS) is 14.7. The molecule has 2 radical (unpaired) electrons. The summed E-state index contributed by atoms with van der Waals surface area (Å²) in [6.45, 7) is 0. The summed E-state index contributed by atoms with van der Waals surface area (Å²) in [6, 6.07) is 22.2. The summed E-state index contributed by atoms with van der Waals surface area (Å²) in [4.78, 5) is 24.2. The Morgan fingerprint density at radius 2 is 1.36 bits per heavy atom. The first-order chi connectivity index (χ1) is 12.1. The van der Waals surface area contributed by atoms with Crippen LogP contribution in [0.25, 0.3) is 27.5 Å². The van der Waals surface area contributed by atoms with E-state index in [4.69, 9.17) is 0 Å². The van der Waals surface area contributed by atoms with Crippen LogP contribution in [0.5, 0.6) is 0 Å². The van der Waals surface area contributed by atoms with Crippen molar-refractivity contribution in [3.8, 4) is 11.1 Å². The molecule has 1 heterocycles. The van der Waals surface area contributed by atoms with Crippen molar-refractivity contribution in [1.29, 1.82) is 0 Å². The van der Waals surface area contributed by atoms with Gasteiger partial charge in [0.25, 0.3) is 0 Å². The van der Waals surface area contributed by atoms with Crippen molar-refractivity contribution < 1.29 is 9.59 Å². The van der Waals surface area contributed by atoms with Crippen LogP contribution in [0.1, 0.15) is 5.56 Å². The fourth-order valence-corrected chi connectivity index (χ4v) is 4.34. The van der Waals surface area contributed by atoms with Crippen LogP contribution in [0.2, 0.25) is 0 Å². The predicted octanol–water partition coefficient (Wildman–Crippen LogP) is 2.84. The number of amides is 2. The zero-order valence-electron chi connectivity index (χ0n) is 12.9. The van der Waals surface area contributed by atoms with E-state index in [0.717, 1.165) is 20.6 Å². The quantitative estimate of drug-likeness (QED) is 0.441. The number of imide groups is 1. The third-order valence-corrected chi connectivity index (χ3v) is 5.77. The molecule has 0 N–H and O–H groups in total. The average Bonchev–Trinajstić information content (AvgIpc) is 2.85. The molecule has 3 nitrogen and oxygen atoms in total. The van der Waals surface area contributed by atoms with Crippen molar-refractivity contribution in [3.05, 3.63) is 76.8 Å². The molecule has 0 bridgehead atoms. The van der Waals surface area contributed by atoms with Crippen LogP contribution < -0.4 is 0 Å². The summed E-state index contributed by atoms with van der Waals surface area (Å²) in [5.41, 5.74) is 3.35. The molecule has 0 saturated heterocycles. The Bertz CT molecular complexity index is 1050. The maximum atomic E-state index is 12.3. The number of carbonyl (C=O) groups excluding carboxylic acids is 2. The molecule has 0 atom stereocenters. The summed E-state index contributed by atoms with van der Waals surface area (Å²) >= 11 is 5.21. The van der Waals surface area contributed by atoms with Gasteiger partial charge in [-0.25, -0.2) is 0 Å². The minimum absolute atomic E-state index is 0.323. The van der Waals surface area contributed by atoms with Gasteiger partial charge in [-0.15, -0.1) is 0 Å². The third-order valence-electron chi connectivity index (χ3n) is 4.28. The molecular weight excluding hydrogens is 444 g/mol. The zero-order valence-corrected chi connectivity index (χ0v) is 16.4. The second-order valence-corrected chi connectivity index (χ2v) is 7.34. The van der Waals surface area contributed by atoms with Crippen LogP contribution in [0.3, 0.4) is 0 Å². The van der Waals surface area contributed by atoms with E-state index in [-0.39, 0.29) is 11.8 Å². The maximum absolute atomic E-state index is 12.3. The monoisotopic (exact) mass is 457 g/mol. The molecule has 0 unspecified atom stereocenters. The first-order valence-electron chi connectivity index (χ1n) is 7.63. The second-order valence-electron chi connectivity index (χ2n) is 5.71. The van der Waals surface area contributed by atoms with E-state index < -0.39 is 0 Å². The first kappa shape index (κ1) is 16.3. The Morgan fingerprint density at radius 1 is 0.720 bits per heavy atom. The van der Waals surface area contributed by atoms with Gasteiger partial charge in [-0.2, -0.15) is 0 Å². The van der Waals surface area contributed by atoms with Gasteiger partial charge in [0.15, 0.2) is 0 Å². The number of hydrogen-bond donors (Lipinski definition) is 0. The van der Waals surface area contributed by atoms with Gasteiger partial charge in [0.2, 0.25) is 0 Å². The van der Waals surface area contributed by atoms with Gasteiger partial charge in [0, 0.05) is 0 Å². The van der Waals surface area contributed by atoms with Gasteiger partial charge in [-0.1, -0.05) is 0 Å². The molecule has 5 heteroatoms. The molecule has 120 valence electrons. The van der Waals surface area contributed by atoms with Crippen LogP contribution in [0.15, 0.2) is 71.2 Å². The Kier molecular flexibility index (Phi) is 4.10. The summed E-state index contributed by atoms with van der Waals surface area (Å²) in [6.07, 6.45) is 0. The van der Waals surface area contributed by atoms with E-state index in [9.17, 15) is 9.59 Å². The molecule has 0 fully saturated rings. The van der Waals surface area contributed by atoms with E-state index >= 15 is 0 Å². The van der Waals surface area contributed by atoms with Crippen LogP contribution in [0, 0.1) is 0 Å². The number of fused-ring (bicyclic) bond motifs is 1. The summed E-state index contributed by atoms with van der Waals surface area (Å²) in [5, 5.41) is 2.37. The van der Waals surface area contributed by atoms with Gasteiger partial charge >= 0.3 is 162 Å². The molecule has 3 aromatic carbocycles. The van der Waals surface area contributed by atoms with E-state index in [2.05, 4.69) is 56.5 Å². The Labute approximate surface area is 161 Å². The molecule has 0 saturated carbocycles. The molecule has 4 rings (SSSR count). The van der Waals surface area contributed by atoms with Gasteiger partial charge in [0.1, 0.15) is 0 Å². The fraction of sp³-hybridized carbons (Fsp3) is 0. The van der Waals surface area contributed by atoms with Crippen molar-refractivity contribution in [3.63, 3.8) is 0 Å². The van der Waals surface area contributed by atoms with Gasteiger partial charge in [-0.05, 0) is 0 Å². The summed E-state index contributed by atoms with van der Waals surface area (Å²) in [7, 11) is 0. The fourth-order valence-electron chi connectivity index (χ4n) is 3.04. The molecule has 0 spiro atoms. The van der Waals surface area contributed by atoms with Crippen LogP contribution in [0.4, 0.5) is 0 Å². The molecule has 0 aromatic heterocycles. The molecular formula is C20H11NO2Se2. The SMILES string of the molecule is O=C1C([Se])=C(c2ccc(-c3cccc4ccccc34)cc2)C(=O)N1[Se]. The summed E-state index contributed by atoms with van der Waals surface area (Å²) in [5.74, 6) is -0.658. The molecule has 1 aliphatic rings. The van der Waals surface area contributed by atoms with E-state index in [1.54, 1.807) is 0 Å². The Morgan fingerprint density at radius 3 is 2.04 bits per heavy atom. The van der Waals surface area contributed by atoms with E-state index in [0.29, 0.717) is 10.0 Å². The topological polar surface area (TPSA) is 37.4 Å². The van der Waals surface area contributed by atoms with Gasteiger partial charge < -0.3 is 0 Å².